The largest absolute Gasteiger partial charge is 0.288 e. The lowest BCUT2D eigenvalue weighted by atomic mass is 9.96. The first-order valence-corrected chi connectivity index (χ1v) is 7.36. The van der Waals surface area contributed by atoms with E-state index in [0.29, 0.717) is 15.7 Å². The molecule has 2 nitrogen and oxygen atoms in total. The molecule has 0 bridgehead atoms. The Morgan fingerprint density at radius 3 is 2.14 bits per heavy atom. The van der Waals surface area contributed by atoms with Crippen LogP contribution in [0, 0.1) is 0 Å². The van der Waals surface area contributed by atoms with E-state index < -0.39 is 0 Å². The van der Waals surface area contributed by atoms with E-state index in [1.165, 1.54) is 0 Å². The molecule has 1 heterocycles. The highest BCUT2D eigenvalue weighted by atomic mass is 79.9. The zero-order valence-electron chi connectivity index (χ0n) is 11.2. The number of carbonyl (C=O) groups is 1. The van der Waals surface area contributed by atoms with Crippen LogP contribution < -0.4 is 0 Å². The van der Waals surface area contributed by atoms with Crippen molar-refractivity contribution in [2.75, 3.05) is 0 Å². The normalized spacial score (nSPS) is 10.3. The molecule has 0 atom stereocenters. The van der Waals surface area contributed by atoms with Crippen LogP contribution in [0.5, 0.6) is 0 Å². The van der Waals surface area contributed by atoms with Gasteiger partial charge in [-0.25, -0.2) is 4.98 Å². The number of halogens is 1. The van der Waals surface area contributed by atoms with Crippen molar-refractivity contribution in [1.82, 2.24) is 4.98 Å². The predicted molar refractivity (Wildman–Crippen MR) is 87.2 cm³/mol. The fourth-order valence-corrected chi connectivity index (χ4v) is 2.76. The molecule has 0 saturated carbocycles. The number of hydrogen-bond donors (Lipinski definition) is 0. The van der Waals surface area contributed by atoms with Crippen LogP contribution in [0.25, 0.3) is 11.1 Å². The first-order chi connectivity index (χ1) is 10.3. The Bertz CT molecular complexity index is 770. The SMILES string of the molecule is O=C(c1ccccc1)c1c(-c2ccccc2)ccnc1Br. The Labute approximate surface area is 131 Å². The summed E-state index contributed by atoms with van der Waals surface area (Å²) in [6.07, 6.45) is 1.70. The first kappa shape index (κ1) is 13.7. The van der Waals surface area contributed by atoms with E-state index in [1.807, 2.05) is 66.7 Å². The van der Waals surface area contributed by atoms with E-state index in [4.69, 9.17) is 0 Å². The number of nitrogens with zero attached hydrogens (tertiary/aromatic N) is 1. The summed E-state index contributed by atoms with van der Waals surface area (Å²) in [7, 11) is 0. The molecule has 0 radical (unpaired) electrons. The third-order valence-corrected chi connectivity index (χ3v) is 3.85. The van der Waals surface area contributed by atoms with Gasteiger partial charge in [-0.2, -0.15) is 0 Å². The van der Waals surface area contributed by atoms with E-state index >= 15 is 0 Å². The van der Waals surface area contributed by atoms with Gasteiger partial charge in [0, 0.05) is 11.8 Å². The summed E-state index contributed by atoms with van der Waals surface area (Å²) in [6, 6.07) is 21.0. The van der Waals surface area contributed by atoms with Gasteiger partial charge in [-0.1, -0.05) is 60.7 Å². The molecule has 3 heteroatoms. The summed E-state index contributed by atoms with van der Waals surface area (Å²) in [5.41, 5.74) is 3.13. The molecule has 0 saturated heterocycles. The highest BCUT2D eigenvalue weighted by Gasteiger charge is 2.18. The van der Waals surface area contributed by atoms with Gasteiger partial charge in [0.15, 0.2) is 5.78 Å². The minimum Gasteiger partial charge on any atom is -0.288 e. The number of aromatic nitrogens is 1. The van der Waals surface area contributed by atoms with E-state index in [0.717, 1.165) is 11.1 Å². The smallest absolute Gasteiger partial charge is 0.196 e. The zero-order valence-corrected chi connectivity index (χ0v) is 12.7. The van der Waals surface area contributed by atoms with Crippen LogP contribution in [0.2, 0.25) is 0 Å². The topological polar surface area (TPSA) is 30.0 Å². The molecule has 0 aliphatic rings. The molecular weight excluding hydrogens is 326 g/mol. The molecule has 21 heavy (non-hydrogen) atoms. The monoisotopic (exact) mass is 337 g/mol. The van der Waals surface area contributed by atoms with Crippen molar-refractivity contribution in [2.24, 2.45) is 0 Å². The van der Waals surface area contributed by atoms with Crippen molar-refractivity contribution in [1.29, 1.82) is 0 Å². The lowest BCUT2D eigenvalue weighted by Crippen LogP contribution is -2.05. The molecule has 2 aromatic carbocycles. The predicted octanol–water partition coefficient (Wildman–Crippen LogP) is 4.74. The first-order valence-electron chi connectivity index (χ1n) is 6.57. The highest BCUT2D eigenvalue weighted by Crippen LogP contribution is 2.29. The number of benzene rings is 2. The van der Waals surface area contributed by atoms with Crippen molar-refractivity contribution in [3.63, 3.8) is 0 Å². The van der Waals surface area contributed by atoms with Crippen LogP contribution in [-0.2, 0) is 0 Å². The van der Waals surface area contributed by atoms with Crippen LogP contribution in [0.4, 0.5) is 0 Å². The molecule has 0 unspecified atom stereocenters. The van der Waals surface area contributed by atoms with Crippen molar-refractivity contribution < 1.29 is 4.79 Å². The number of pyridine rings is 1. The molecule has 0 amide bonds. The fourth-order valence-electron chi connectivity index (χ4n) is 2.24. The molecule has 3 aromatic rings. The number of ketones is 1. The standard InChI is InChI=1S/C18H12BrNO/c19-18-16(17(21)14-9-5-2-6-10-14)15(11-12-20-18)13-7-3-1-4-8-13/h1-12H. The van der Waals surface area contributed by atoms with Crippen LogP contribution in [0.1, 0.15) is 15.9 Å². The van der Waals surface area contributed by atoms with E-state index in [9.17, 15) is 4.79 Å². The maximum Gasteiger partial charge on any atom is 0.196 e. The second-order valence-corrected chi connectivity index (χ2v) is 5.34. The van der Waals surface area contributed by atoms with Gasteiger partial charge in [0.05, 0.1) is 5.56 Å². The zero-order chi connectivity index (χ0) is 14.7. The molecule has 3 rings (SSSR count). The molecule has 102 valence electrons. The lowest BCUT2D eigenvalue weighted by Gasteiger charge is -2.10. The fraction of sp³-hybridized carbons (Fsp3) is 0. The Hall–Kier alpha value is -2.26. The molecular formula is C18H12BrNO. The van der Waals surface area contributed by atoms with Gasteiger partial charge in [-0.05, 0) is 33.1 Å². The number of rotatable bonds is 3. The number of carbonyl (C=O) groups excluding carboxylic acids is 1. The summed E-state index contributed by atoms with van der Waals surface area (Å²) in [5, 5.41) is 0. The van der Waals surface area contributed by atoms with Gasteiger partial charge in [-0.3, -0.25) is 4.79 Å². The minimum atomic E-state index is -0.0329. The maximum atomic E-state index is 12.8. The van der Waals surface area contributed by atoms with Gasteiger partial charge >= 0.3 is 0 Å². The van der Waals surface area contributed by atoms with Crippen molar-refractivity contribution in [2.45, 2.75) is 0 Å². The average molecular weight is 338 g/mol. The molecule has 0 aliphatic heterocycles. The quantitative estimate of drug-likeness (QED) is 0.510. The minimum absolute atomic E-state index is 0.0329. The van der Waals surface area contributed by atoms with E-state index in [-0.39, 0.29) is 5.78 Å². The Morgan fingerprint density at radius 2 is 1.48 bits per heavy atom. The molecule has 0 spiro atoms. The van der Waals surface area contributed by atoms with Gasteiger partial charge in [0.2, 0.25) is 0 Å². The summed E-state index contributed by atoms with van der Waals surface area (Å²) >= 11 is 3.41. The number of hydrogen-bond acceptors (Lipinski definition) is 2. The van der Waals surface area contributed by atoms with Crippen LogP contribution >= 0.6 is 15.9 Å². The van der Waals surface area contributed by atoms with Gasteiger partial charge in [0.1, 0.15) is 4.60 Å². The van der Waals surface area contributed by atoms with Gasteiger partial charge in [-0.15, -0.1) is 0 Å². The Morgan fingerprint density at radius 1 is 0.857 bits per heavy atom. The van der Waals surface area contributed by atoms with Crippen LogP contribution in [0.15, 0.2) is 77.5 Å². The van der Waals surface area contributed by atoms with Gasteiger partial charge < -0.3 is 0 Å². The Balaban J connectivity index is 2.17. The molecule has 0 aliphatic carbocycles. The van der Waals surface area contributed by atoms with Crippen molar-refractivity contribution in [3.05, 3.63) is 88.7 Å². The summed E-state index contributed by atoms with van der Waals surface area (Å²) in [6.45, 7) is 0. The molecule has 1 aromatic heterocycles. The lowest BCUT2D eigenvalue weighted by molar-refractivity contribution is 0.103. The third-order valence-electron chi connectivity index (χ3n) is 3.25. The molecule has 0 fully saturated rings. The third kappa shape index (κ3) is 2.78. The summed E-state index contributed by atoms with van der Waals surface area (Å²) in [5.74, 6) is -0.0329. The van der Waals surface area contributed by atoms with Crippen molar-refractivity contribution in [3.8, 4) is 11.1 Å². The van der Waals surface area contributed by atoms with Gasteiger partial charge in [0.25, 0.3) is 0 Å². The van der Waals surface area contributed by atoms with E-state index in [1.54, 1.807) is 6.20 Å². The summed E-state index contributed by atoms with van der Waals surface area (Å²) < 4.78 is 0.567. The van der Waals surface area contributed by atoms with E-state index in [2.05, 4.69) is 20.9 Å². The van der Waals surface area contributed by atoms with Crippen LogP contribution in [0.3, 0.4) is 0 Å². The Kier molecular flexibility index (Phi) is 3.93. The second kappa shape index (κ2) is 6.02. The highest BCUT2D eigenvalue weighted by molar-refractivity contribution is 9.10. The maximum absolute atomic E-state index is 12.8. The van der Waals surface area contributed by atoms with Crippen LogP contribution in [-0.4, -0.2) is 10.8 Å². The van der Waals surface area contributed by atoms with Crippen molar-refractivity contribution >= 4 is 21.7 Å². The second-order valence-electron chi connectivity index (χ2n) is 4.59. The molecule has 0 N–H and O–H groups in total. The summed E-state index contributed by atoms with van der Waals surface area (Å²) in [4.78, 5) is 17.0. The average Bonchev–Trinajstić information content (AvgIpc) is 2.55.